The standard InChI is InChI=1S/C8H13N3/c1-2-3-4-6-11(8-10)7-5-9/h2,5,7H,1,3-4,6,9H2/b7-5-. The first kappa shape index (κ1) is 9.57. The molecule has 60 valence electrons. The fourth-order valence-corrected chi connectivity index (χ4v) is 0.668. The van der Waals surface area contributed by atoms with Gasteiger partial charge < -0.3 is 5.73 Å². The Morgan fingerprint density at radius 3 is 2.82 bits per heavy atom. The fourth-order valence-electron chi connectivity index (χ4n) is 0.668. The van der Waals surface area contributed by atoms with Gasteiger partial charge in [-0.15, -0.1) is 6.58 Å². The van der Waals surface area contributed by atoms with Crippen molar-refractivity contribution in [1.82, 2.24) is 4.90 Å². The van der Waals surface area contributed by atoms with E-state index in [4.69, 9.17) is 11.0 Å². The lowest BCUT2D eigenvalue weighted by atomic mass is 10.3. The van der Waals surface area contributed by atoms with Crippen LogP contribution in [-0.2, 0) is 0 Å². The molecule has 0 spiro atoms. The van der Waals surface area contributed by atoms with Crippen LogP contribution >= 0.6 is 0 Å². The molecule has 0 fully saturated rings. The maximum Gasteiger partial charge on any atom is 0.183 e. The molecule has 11 heavy (non-hydrogen) atoms. The third kappa shape index (κ3) is 5.04. The molecule has 0 bridgehead atoms. The summed E-state index contributed by atoms with van der Waals surface area (Å²) in [6.45, 7) is 4.29. The minimum atomic E-state index is 0.705. The predicted molar refractivity (Wildman–Crippen MR) is 45.1 cm³/mol. The van der Waals surface area contributed by atoms with E-state index in [-0.39, 0.29) is 0 Å². The molecule has 0 heterocycles. The molecule has 0 aliphatic rings. The van der Waals surface area contributed by atoms with E-state index in [1.165, 1.54) is 11.1 Å². The van der Waals surface area contributed by atoms with Crippen LogP contribution in [0.5, 0.6) is 0 Å². The lowest BCUT2D eigenvalue weighted by molar-refractivity contribution is 0.507. The third-order valence-electron chi connectivity index (χ3n) is 1.20. The van der Waals surface area contributed by atoms with Crippen molar-refractivity contribution in [3.8, 4) is 6.19 Å². The summed E-state index contributed by atoms with van der Waals surface area (Å²) in [5, 5.41) is 8.50. The van der Waals surface area contributed by atoms with Gasteiger partial charge in [0, 0.05) is 18.9 Å². The monoisotopic (exact) mass is 151 g/mol. The fraction of sp³-hybridized carbons (Fsp3) is 0.375. The molecule has 0 unspecified atom stereocenters. The van der Waals surface area contributed by atoms with E-state index in [0.29, 0.717) is 6.54 Å². The van der Waals surface area contributed by atoms with Crippen LogP contribution < -0.4 is 5.73 Å². The van der Waals surface area contributed by atoms with E-state index in [0.717, 1.165) is 12.8 Å². The van der Waals surface area contributed by atoms with Gasteiger partial charge in [0.15, 0.2) is 6.19 Å². The highest BCUT2D eigenvalue weighted by Gasteiger charge is 1.93. The molecule has 0 aliphatic carbocycles. The molecule has 0 saturated heterocycles. The van der Waals surface area contributed by atoms with Crippen LogP contribution in [0.3, 0.4) is 0 Å². The molecule has 0 rings (SSSR count). The van der Waals surface area contributed by atoms with Gasteiger partial charge in [0.1, 0.15) is 0 Å². The molecule has 3 nitrogen and oxygen atoms in total. The number of hydrogen-bond acceptors (Lipinski definition) is 3. The van der Waals surface area contributed by atoms with Gasteiger partial charge in [-0.3, -0.25) is 4.90 Å². The second kappa shape index (κ2) is 6.69. The summed E-state index contributed by atoms with van der Waals surface area (Å²) in [7, 11) is 0. The van der Waals surface area contributed by atoms with E-state index < -0.39 is 0 Å². The topological polar surface area (TPSA) is 53.0 Å². The van der Waals surface area contributed by atoms with Gasteiger partial charge in [-0.05, 0) is 12.8 Å². The van der Waals surface area contributed by atoms with E-state index in [1.54, 1.807) is 6.20 Å². The first-order valence-corrected chi connectivity index (χ1v) is 3.50. The number of rotatable bonds is 5. The van der Waals surface area contributed by atoms with Gasteiger partial charge in [0.25, 0.3) is 0 Å². The molecule has 0 aliphatic heterocycles. The number of nitrogens with zero attached hydrogens (tertiary/aromatic N) is 2. The first-order valence-electron chi connectivity index (χ1n) is 3.50. The number of nitrogens with two attached hydrogens (primary N) is 1. The van der Waals surface area contributed by atoms with Gasteiger partial charge in [-0.25, -0.2) is 0 Å². The average Bonchev–Trinajstić information content (AvgIpc) is 2.03. The maximum absolute atomic E-state index is 8.50. The smallest absolute Gasteiger partial charge is 0.183 e. The Morgan fingerprint density at radius 1 is 1.64 bits per heavy atom. The van der Waals surface area contributed by atoms with E-state index in [1.807, 2.05) is 12.3 Å². The first-order chi connectivity index (χ1) is 5.35. The number of hydrogen-bond donors (Lipinski definition) is 1. The van der Waals surface area contributed by atoms with Gasteiger partial charge >= 0.3 is 0 Å². The van der Waals surface area contributed by atoms with Gasteiger partial charge in [0.2, 0.25) is 0 Å². The summed E-state index contributed by atoms with van der Waals surface area (Å²) in [6.07, 6.45) is 8.61. The lowest BCUT2D eigenvalue weighted by Gasteiger charge is -2.07. The number of nitriles is 1. The predicted octanol–water partition coefficient (Wildman–Crippen LogP) is 1.17. The quantitative estimate of drug-likeness (QED) is 0.278. The second-order valence-electron chi connectivity index (χ2n) is 2.07. The largest absolute Gasteiger partial charge is 0.403 e. The van der Waals surface area contributed by atoms with Gasteiger partial charge in [-0.2, -0.15) is 5.26 Å². The van der Waals surface area contributed by atoms with Crippen LogP contribution in [0.2, 0.25) is 0 Å². The summed E-state index contributed by atoms with van der Waals surface area (Å²) in [5.41, 5.74) is 5.12. The van der Waals surface area contributed by atoms with Crippen molar-refractivity contribution in [2.45, 2.75) is 12.8 Å². The third-order valence-corrected chi connectivity index (χ3v) is 1.20. The molecule has 0 aromatic carbocycles. The Bertz CT molecular complexity index is 167. The van der Waals surface area contributed by atoms with E-state index >= 15 is 0 Å². The van der Waals surface area contributed by atoms with Gasteiger partial charge in [0.05, 0.1) is 0 Å². The number of allylic oxidation sites excluding steroid dienone is 1. The van der Waals surface area contributed by atoms with Crippen LogP contribution in [0.25, 0.3) is 0 Å². The van der Waals surface area contributed by atoms with Crippen LogP contribution in [0.1, 0.15) is 12.8 Å². The zero-order chi connectivity index (χ0) is 8.53. The summed E-state index contributed by atoms with van der Waals surface area (Å²) in [4.78, 5) is 1.49. The van der Waals surface area contributed by atoms with E-state index in [9.17, 15) is 0 Å². The van der Waals surface area contributed by atoms with Crippen molar-refractivity contribution in [2.24, 2.45) is 5.73 Å². The Hall–Kier alpha value is -1.43. The molecule has 2 N–H and O–H groups in total. The molecule has 0 saturated carbocycles. The Morgan fingerprint density at radius 2 is 2.36 bits per heavy atom. The molecule has 0 radical (unpaired) electrons. The van der Waals surface area contributed by atoms with Crippen molar-refractivity contribution in [3.05, 3.63) is 25.1 Å². The van der Waals surface area contributed by atoms with Crippen molar-refractivity contribution in [3.63, 3.8) is 0 Å². The Labute approximate surface area is 67.4 Å². The van der Waals surface area contributed by atoms with Crippen molar-refractivity contribution in [1.29, 1.82) is 5.26 Å². The van der Waals surface area contributed by atoms with Crippen LogP contribution in [0.15, 0.2) is 25.1 Å². The zero-order valence-corrected chi connectivity index (χ0v) is 6.53. The summed E-state index contributed by atoms with van der Waals surface area (Å²) >= 11 is 0. The van der Waals surface area contributed by atoms with Crippen molar-refractivity contribution < 1.29 is 0 Å². The summed E-state index contributed by atoms with van der Waals surface area (Å²) in [6, 6.07) is 0. The Kier molecular flexibility index (Phi) is 5.82. The number of unbranched alkanes of at least 4 members (excludes halogenated alkanes) is 1. The zero-order valence-electron chi connectivity index (χ0n) is 6.53. The van der Waals surface area contributed by atoms with E-state index in [2.05, 4.69) is 6.58 Å². The van der Waals surface area contributed by atoms with Crippen LogP contribution in [0.4, 0.5) is 0 Å². The molecule has 0 aromatic heterocycles. The highest BCUT2D eigenvalue weighted by Crippen LogP contribution is 1.94. The minimum Gasteiger partial charge on any atom is -0.403 e. The average molecular weight is 151 g/mol. The van der Waals surface area contributed by atoms with Gasteiger partial charge in [-0.1, -0.05) is 6.08 Å². The minimum absolute atomic E-state index is 0.705. The van der Waals surface area contributed by atoms with Crippen molar-refractivity contribution >= 4 is 0 Å². The van der Waals surface area contributed by atoms with Crippen molar-refractivity contribution in [2.75, 3.05) is 6.54 Å². The maximum atomic E-state index is 8.50. The molecule has 0 aromatic rings. The second-order valence-corrected chi connectivity index (χ2v) is 2.07. The summed E-state index contributed by atoms with van der Waals surface area (Å²) in [5.74, 6) is 0. The normalized spacial score (nSPS) is 9.36. The Balaban J connectivity index is 3.54. The molecular formula is C8H13N3. The highest BCUT2D eigenvalue weighted by atomic mass is 15.1. The molecular weight excluding hydrogens is 138 g/mol. The molecule has 3 heteroatoms. The SMILES string of the molecule is C=CCCCN(C#N)/C=C\N. The van der Waals surface area contributed by atoms with Crippen LogP contribution in [-0.4, -0.2) is 11.4 Å². The molecule has 0 amide bonds. The lowest BCUT2D eigenvalue weighted by Crippen LogP contribution is -2.11. The highest BCUT2D eigenvalue weighted by molar-refractivity contribution is 4.87. The van der Waals surface area contributed by atoms with Crippen LogP contribution in [0, 0.1) is 11.5 Å². The molecule has 0 atom stereocenters. The summed E-state index contributed by atoms with van der Waals surface area (Å²) < 4.78 is 0.